The molecule has 1 amide bonds. The first-order valence-electron chi connectivity index (χ1n) is 12.8. The summed E-state index contributed by atoms with van der Waals surface area (Å²) in [5, 5.41) is 4.30. The zero-order valence-electron chi connectivity index (χ0n) is 22.3. The van der Waals surface area contributed by atoms with Crippen LogP contribution in [0, 0.1) is 0 Å². The molecule has 11 heteroatoms. The number of hydrogen-bond acceptors (Lipinski definition) is 10. The van der Waals surface area contributed by atoms with Crippen molar-refractivity contribution in [1.29, 1.82) is 0 Å². The first-order chi connectivity index (χ1) is 18.5. The number of aromatic nitrogens is 3. The van der Waals surface area contributed by atoms with Gasteiger partial charge < -0.3 is 28.5 Å². The van der Waals surface area contributed by atoms with Gasteiger partial charge in [0.25, 0.3) is 0 Å². The highest BCUT2D eigenvalue weighted by Crippen LogP contribution is 2.40. The highest BCUT2D eigenvalue weighted by atomic mass is 16.5. The summed E-state index contributed by atoms with van der Waals surface area (Å²) < 4.78 is 22.3. The van der Waals surface area contributed by atoms with Crippen LogP contribution in [-0.4, -0.2) is 84.9 Å². The molecule has 4 heterocycles. The zero-order chi connectivity index (χ0) is 26.6. The number of likely N-dealkylation sites (tertiary alicyclic amines) is 1. The minimum Gasteiger partial charge on any atom is -0.493 e. The molecule has 2 aliphatic rings. The fraction of sp³-hybridized carbons (Fsp3) is 0.481. The normalized spacial score (nSPS) is 18.1. The summed E-state index contributed by atoms with van der Waals surface area (Å²) in [5.74, 6) is 3.96. The van der Waals surface area contributed by atoms with Crippen LogP contribution < -0.4 is 19.1 Å². The molecule has 1 aromatic carbocycles. The predicted molar refractivity (Wildman–Crippen MR) is 140 cm³/mol. The van der Waals surface area contributed by atoms with Crippen molar-refractivity contribution in [3.8, 4) is 28.6 Å². The average Bonchev–Trinajstić information content (AvgIpc) is 3.62. The largest absolute Gasteiger partial charge is 0.493 e. The number of anilines is 1. The lowest BCUT2D eigenvalue weighted by Gasteiger charge is -2.34. The number of carbonyl (C=O) groups excluding carboxylic acids is 1. The van der Waals surface area contributed by atoms with Crippen molar-refractivity contribution in [1.82, 2.24) is 24.9 Å². The average molecular weight is 523 g/mol. The van der Waals surface area contributed by atoms with Crippen molar-refractivity contribution < 1.29 is 23.5 Å². The van der Waals surface area contributed by atoms with Gasteiger partial charge in [-0.1, -0.05) is 5.16 Å². The van der Waals surface area contributed by atoms with E-state index in [-0.39, 0.29) is 11.9 Å². The van der Waals surface area contributed by atoms with Gasteiger partial charge in [-0.2, -0.15) is 4.98 Å². The van der Waals surface area contributed by atoms with E-state index in [9.17, 15) is 4.79 Å². The monoisotopic (exact) mass is 522 g/mol. The molecule has 5 rings (SSSR count). The number of pyridine rings is 1. The number of carbonyl (C=O) groups is 1. The summed E-state index contributed by atoms with van der Waals surface area (Å²) in [6.07, 6.45) is 3.75. The molecule has 202 valence electrons. The van der Waals surface area contributed by atoms with E-state index in [1.54, 1.807) is 34.4 Å². The number of ether oxygens (including phenoxy) is 3. The molecule has 0 aliphatic carbocycles. The van der Waals surface area contributed by atoms with Crippen LogP contribution in [0.3, 0.4) is 0 Å². The maximum Gasteiger partial charge on any atom is 0.244 e. The van der Waals surface area contributed by atoms with E-state index in [2.05, 4.69) is 19.9 Å². The first-order valence-corrected chi connectivity index (χ1v) is 12.8. The van der Waals surface area contributed by atoms with Gasteiger partial charge >= 0.3 is 0 Å². The van der Waals surface area contributed by atoms with Gasteiger partial charge in [0.2, 0.25) is 23.4 Å². The van der Waals surface area contributed by atoms with Gasteiger partial charge in [-0.25, -0.2) is 4.98 Å². The second-order valence-corrected chi connectivity index (χ2v) is 9.51. The third kappa shape index (κ3) is 5.24. The molecule has 2 fully saturated rings. The van der Waals surface area contributed by atoms with Crippen molar-refractivity contribution >= 4 is 11.7 Å². The zero-order valence-corrected chi connectivity index (χ0v) is 22.3. The number of piperazine rings is 1. The fourth-order valence-corrected chi connectivity index (χ4v) is 5.22. The lowest BCUT2D eigenvalue weighted by Crippen LogP contribution is -2.48. The molecule has 0 spiro atoms. The Morgan fingerprint density at radius 1 is 1.03 bits per heavy atom. The number of amides is 1. The highest BCUT2D eigenvalue weighted by Gasteiger charge is 2.31. The van der Waals surface area contributed by atoms with E-state index < -0.39 is 0 Å². The molecule has 1 atom stereocenters. The van der Waals surface area contributed by atoms with E-state index in [0.717, 1.165) is 49.4 Å². The Morgan fingerprint density at radius 3 is 2.42 bits per heavy atom. The van der Waals surface area contributed by atoms with Crippen LogP contribution in [0.25, 0.3) is 11.4 Å². The summed E-state index contributed by atoms with van der Waals surface area (Å²) in [5.41, 5.74) is 1.91. The quantitative estimate of drug-likeness (QED) is 0.438. The molecular formula is C27H34N6O5. The lowest BCUT2D eigenvalue weighted by atomic mass is 10.1. The topological polar surface area (TPSA) is 106 Å². The van der Waals surface area contributed by atoms with Gasteiger partial charge in [-0.15, -0.1) is 0 Å². The third-order valence-corrected chi connectivity index (χ3v) is 7.25. The number of hydrogen-bond donors (Lipinski definition) is 0. The number of rotatable bonds is 8. The Morgan fingerprint density at radius 2 is 1.76 bits per heavy atom. The molecule has 2 saturated heterocycles. The van der Waals surface area contributed by atoms with Crippen LogP contribution in [-0.2, 0) is 11.3 Å². The summed E-state index contributed by atoms with van der Waals surface area (Å²) >= 11 is 0. The summed E-state index contributed by atoms with van der Waals surface area (Å²) in [6, 6.07) is 7.86. The van der Waals surface area contributed by atoms with Crippen molar-refractivity contribution in [2.45, 2.75) is 32.4 Å². The molecular weight excluding hydrogens is 488 g/mol. The van der Waals surface area contributed by atoms with Gasteiger partial charge in [-0.05, 0) is 49.2 Å². The molecule has 3 aromatic rings. The molecule has 0 bridgehead atoms. The Balaban J connectivity index is 1.31. The number of nitrogens with zero attached hydrogens (tertiary/aromatic N) is 6. The molecule has 11 nitrogen and oxygen atoms in total. The maximum absolute atomic E-state index is 11.6. The molecule has 2 aromatic heterocycles. The maximum atomic E-state index is 11.6. The molecule has 2 aliphatic heterocycles. The first kappa shape index (κ1) is 25.8. The third-order valence-electron chi connectivity index (χ3n) is 7.25. The predicted octanol–water partition coefficient (Wildman–Crippen LogP) is 3.16. The summed E-state index contributed by atoms with van der Waals surface area (Å²) in [7, 11) is 4.84. The Hall–Kier alpha value is -3.86. The molecule has 0 radical (unpaired) electrons. The smallest absolute Gasteiger partial charge is 0.244 e. The second kappa shape index (κ2) is 11.3. The van der Waals surface area contributed by atoms with Crippen LogP contribution in [0.5, 0.6) is 17.2 Å². The minimum absolute atomic E-state index is 0.0244. The van der Waals surface area contributed by atoms with Gasteiger partial charge in [0.1, 0.15) is 5.82 Å². The van der Waals surface area contributed by atoms with Crippen molar-refractivity contribution in [3.63, 3.8) is 0 Å². The van der Waals surface area contributed by atoms with Crippen LogP contribution in [0.2, 0.25) is 0 Å². The van der Waals surface area contributed by atoms with Crippen LogP contribution >= 0.6 is 0 Å². The van der Waals surface area contributed by atoms with Crippen LogP contribution in [0.15, 0.2) is 35.0 Å². The number of benzene rings is 1. The minimum atomic E-state index is 0.0244. The molecule has 38 heavy (non-hydrogen) atoms. The Bertz CT molecular complexity index is 1250. The SMILES string of the molecule is COc1cc(CN2CCCC2c2nc(-c3ccnc(N4CCN(C(C)=O)CC4)c3)no2)cc(OC)c1OC. The molecule has 0 N–H and O–H groups in total. The Kier molecular flexibility index (Phi) is 7.64. The number of methoxy groups -OCH3 is 3. The lowest BCUT2D eigenvalue weighted by molar-refractivity contribution is -0.129. The van der Waals surface area contributed by atoms with E-state index in [4.69, 9.17) is 23.7 Å². The summed E-state index contributed by atoms with van der Waals surface area (Å²) in [4.78, 5) is 27.3. The highest BCUT2D eigenvalue weighted by molar-refractivity contribution is 5.73. The van der Waals surface area contributed by atoms with E-state index in [1.165, 1.54) is 0 Å². The van der Waals surface area contributed by atoms with Crippen LogP contribution in [0.4, 0.5) is 5.82 Å². The fourth-order valence-electron chi connectivity index (χ4n) is 5.22. The summed E-state index contributed by atoms with van der Waals surface area (Å²) in [6.45, 7) is 6.08. The van der Waals surface area contributed by atoms with Crippen LogP contribution in [0.1, 0.15) is 37.3 Å². The van der Waals surface area contributed by atoms with E-state index in [1.807, 2.05) is 29.2 Å². The van der Waals surface area contributed by atoms with Gasteiger partial charge in [0.15, 0.2) is 11.5 Å². The van der Waals surface area contributed by atoms with E-state index >= 15 is 0 Å². The molecule has 0 saturated carbocycles. The van der Waals surface area contributed by atoms with Gasteiger partial charge in [0.05, 0.1) is 27.4 Å². The standard InChI is InChI=1S/C27H34N6O5/c1-18(34)31-10-12-32(13-11-31)24-16-20(7-8-28-24)26-29-27(38-30-26)21-6-5-9-33(21)17-19-14-22(35-2)25(37-4)23(15-19)36-3/h7-8,14-16,21H,5-6,9-13,17H2,1-4H3. The second-order valence-electron chi connectivity index (χ2n) is 9.51. The van der Waals surface area contributed by atoms with Crippen molar-refractivity contribution in [2.24, 2.45) is 0 Å². The van der Waals surface area contributed by atoms with E-state index in [0.29, 0.717) is 48.6 Å². The van der Waals surface area contributed by atoms with Gasteiger partial charge in [-0.3, -0.25) is 9.69 Å². The Labute approximate surface area is 222 Å². The van der Waals surface area contributed by atoms with Gasteiger partial charge in [0, 0.05) is 51.4 Å². The van der Waals surface area contributed by atoms with Crippen molar-refractivity contribution in [3.05, 3.63) is 41.9 Å². The van der Waals surface area contributed by atoms with Crippen molar-refractivity contribution in [2.75, 3.05) is 59.0 Å². The molecule has 1 unspecified atom stereocenters.